The van der Waals surface area contributed by atoms with Gasteiger partial charge >= 0.3 is 0 Å². The van der Waals surface area contributed by atoms with Crippen molar-refractivity contribution < 1.29 is 4.39 Å². The molecule has 1 aliphatic carbocycles. The van der Waals surface area contributed by atoms with Crippen LogP contribution in [0, 0.1) is 5.82 Å². The number of nitrogens with zero attached hydrogens (tertiary/aromatic N) is 2. The molecule has 0 aliphatic heterocycles. The van der Waals surface area contributed by atoms with Crippen LogP contribution in [0.15, 0.2) is 48.5 Å². The van der Waals surface area contributed by atoms with E-state index in [9.17, 15) is 4.39 Å². The Morgan fingerprint density at radius 3 is 2.82 bits per heavy atom. The second-order valence-corrected chi connectivity index (χ2v) is 6.08. The second kappa shape index (κ2) is 5.50. The molecule has 0 saturated heterocycles. The number of halogens is 1. The van der Waals surface area contributed by atoms with Crippen LogP contribution >= 0.6 is 11.5 Å². The van der Waals surface area contributed by atoms with Crippen LogP contribution in [0.4, 0.5) is 9.52 Å². The smallest absolute Gasteiger partial charge is 0.203 e. The van der Waals surface area contributed by atoms with Gasteiger partial charge in [-0.15, -0.1) is 0 Å². The maximum Gasteiger partial charge on any atom is 0.203 e. The van der Waals surface area contributed by atoms with Gasteiger partial charge in [0.1, 0.15) is 5.82 Å². The summed E-state index contributed by atoms with van der Waals surface area (Å²) in [5, 5.41) is 4.17. The normalized spacial score (nSPS) is 16.5. The number of rotatable bonds is 3. The van der Waals surface area contributed by atoms with Gasteiger partial charge in [-0.3, -0.25) is 0 Å². The molecule has 0 fully saturated rings. The molecular weight excluding hydrogens is 297 g/mol. The van der Waals surface area contributed by atoms with Crippen molar-refractivity contribution in [2.75, 3.05) is 5.32 Å². The highest BCUT2D eigenvalue weighted by molar-refractivity contribution is 7.09. The van der Waals surface area contributed by atoms with Crippen LogP contribution in [0.1, 0.15) is 23.6 Å². The summed E-state index contributed by atoms with van der Waals surface area (Å²) in [5.74, 6) is 0.620. The highest BCUT2D eigenvalue weighted by Gasteiger charge is 2.25. The van der Waals surface area contributed by atoms with Crippen LogP contribution in [0.5, 0.6) is 0 Å². The number of anilines is 1. The van der Waals surface area contributed by atoms with Crippen LogP contribution in [-0.4, -0.2) is 9.36 Å². The summed E-state index contributed by atoms with van der Waals surface area (Å²) in [6, 6.07) is 15.3. The molecule has 0 bridgehead atoms. The fourth-order valence-corrected chi connectivity index (χ4v) is 3.54. The van der Waals surface area contributed by atoms with E-state index in [0.717, 1.165) is 40.5 Å². The molecule has 0 amide bonds. The Kier molecular flexibility index (Phi) is 3.35. The first kappa shape index (κ1) is 13.4. The molecule has 1 atom stereocenters. The molecule has 22 heavy (non-hydrogen) atoms. The molecule has 1 aliphatic rings. The van der Waals surface area contributed by atoms with E-state index in [1.807, 2.05) is 36.4 Å². The van der Waals surface area contributed by atoms with Gasteiger partial charge in [-0.25, -0.2) is 4.39 Å². The molecule has 3 aromatic rings. The van der Waals surface area contributed by atoms with E-state index in [-0.39, 0.29) is 11.9 Å². The molecule has 0 spiro atoms. The fraction of sp³-hybridized carbons (Fsp3) is 0.176. The van der Waals surface area contributed by atoms with Gasteiger partial charge in [-0.1, -0.05) is 42.5 Å². The van der Waals surface area contributed by atoms with E-state index >= 15 is 0 Å². The van der Waals surface area contributed by atoms with Crippen molar-refractivity contribution in [1.82, 2.24) is 9.36 Å². The molecule has 1 heterocycles. The van der Waals surface area contributed by atoms with Crippen molar-refractivity contribution >= 4 is 16.7 Å². The lowest BCUT2D eigenvalue weighted by Crippen LogP contribution is -2.06. The molecule has 0 radical (unpaired) electrons. The predicted octanol–water partition coefficient (Wildman–Crippen LogP) is 4.44. The minimum atomic E-state index is -0.107. The maximum atomic E-state index is 13.8. The molecule has 3 nitrogen and oxygen atoms in total. The Morgan fingerprint density at radius 2 is 1.95 bits per heavy atom. The van der Waals surface area contributed by atoms with Crippen LogP contribution < -0.4 is 5.32 Å². The fourth-order valence-electron chi connectivity index (χ4n) is 2.90. The van der Waals surface area contributed by atoms with Crippen molar-refractivity contribution in [2.45, 2.75) is 18.9 Å². The van der Waals surface area contributed by atoms with Gasteiger partial charge in [0.15, 0.2) is 5.82 Å². The number of fused-ring (bicyclic) bond motifs is 1. The molecule has 110 valence electrons. The van der Waals surface area contributed by atoms with Gasteiger partial charge in [0.05, 0.1) is 6.04 Å². The molecule has 4 rings (SSSR count). The quantitative estimate of drug-likeness (QED) is 0.777. The van der Waals surface area contributed by atoms with Gasteiger partial charge in [-0.05, 0) is 30.0 Å². The lowest BCUT2D eigenvalue weighted by Gasteiger charge is -2.12. The first-order valence-corrected chi connectivity index (χ1v) is 8.01. The Labute approximate surface area is 132 Å². The Hall–Kier alpha value is -2.27. The van der Waals surface area contributed by atoms with Gasteiger partial charge in [0.2, 0.25) is 5.13 Å². The third-order valence-corrected chi connectivity index (χ3v) is 4.62. The first-order valence-electron chi connectivity index (χ1n) is 7.24. The van der Waals surface area contributed by atoms with Crippen LogP contribution in [0.2, 0.25) is 0 Å². The predicted molar refractivity (Wildman–Crippen MR) is 86.4 cm³/mol. The molecule has 5 heteroatoms. The van der Waals surface area contributed by atoms with Gasteiger partial charge in [-0.2, -0.15) is 9.36 Å². The summed E-state index contributed by atoms with van der Waals surface area (Å²) in [4.78, 5) is 4.54. The molecule has 1 N–H and O–H groups in total. The average Bonchev–Trinajstić information content (AvgIpc) is 3.17. The third-order valence-electron chi connectivity index (χ3n) is 3.97. The van der Waals surface area contributed by atoms with Gasteiger partial charge in [0, 0.05) is 17.1 Å². The zero-order valence-corrected chi connectivity index (χ0v) is 12.6. The van der Waals surface area contributed by atoms with E-state index < -0.39 is 0 Å². The number of hydrogen-bond acceptors (Lipinski definition) is 4. The van der Waals surface area contributed by atoms with E-state index in [4.69, 9.17) is 0 Å². The summed E-state index contributed by atoms with van der Waals surface area (Å²) in [6.45, 7) is 0. The minimum absolute atomic E-state index is 0.107. The highest BCUT2D eigenvalue weighted by Crippen LogP contribution is 2.35. The van der Waals surface area contributed by atoms with Gasteiger partial charge < -0.3 is 5.32 Å². The van der Waals surface area contributed by atoms with E-state index in [2.05, 4.69) is 14.7 Å². The SMILES string of the molecule is Fc1cccc2c1CCC2Nc1nc(-c2ccccc2)ns1. The topological polar surface area (TPSA) is 37.8 Å². The van der Waals surface area contributed by atoms with Crippen LogP contribution in [-0.2, 0) is 6.42 Å². The Balaban J connectivity index is 1.57. The zero-order chi connectivity index (χ0) is 14.9. The summed E-state index contributed by atoms with van der Waals surface area (Å²) >= 11 is 1.34. The van der Waals surface area contributed by atoms with E-state index in [1.54, 1.807) is 6.07 Å². The van der Waals surface area contributed by atoms with Crippen molar-refractivity contribution in [3.8, 4) is 11.4 Å². The lowest BCUT2D eigenvalue weighted by atomic mass is 10.1. The largest absolute Gasteiger partial charge is 0.353 e. The zero-order valence-electron chi connectivity index (χ0n) is 11.8. The number of hydrogen-bond donors (Lipinski definition) is 1. The summed E-state index contributed by atoms with van der Waals surface area (Å²) < 4.78 is 18.2. The van der Waals surface area contributed by atoms with E-state index in [1.165, 1.54) is 17.6 Å². The standard InChI is InChI=1S/C17H14FN3S/c18-14-8-4-7-13-12(14)9-10-15(13)19-17-20-16(21-22-17)11-5-2-1-3-6-11/h1-8,15H,9-10H2,(H,19,20,21). The minimum Gasteiger partial charge on any atom is -0.353 e. The number of aromatic nitrogens is 2. The summed E-state index contributed by atoms with van der Waals surface area (Å²) in [7, 11) is 0. The van der Waals surface area contributed by atoms with Gasteiger partial charge in [0.25, 0.3) is 0 Å². The van der Waals surface area contributed by atoms with Crippen LogP contribution in [0.3, 0.4) is 0 Å². The van der Waals surface area contributed by atoms with Crippen LogP contribution in [0.25, 0.3) is 11.4 Å². The molecule has 1 unspecified atom stereocenters. The lowest BCUT2D eigenvalue weighted by molar-refractivity contribution is 0.612. The van der Waals surface area contributed by atoms with Crippen molar-refractivity contribution in [1.29, 1.82) is 0 Å². The number of benzene rings is 2. The Morgan fingerprint density at radius 1 is 1.09 bits per heavy atom. The molecule has 1 aromatic heterocycles. The van der Waals surface area contributed by atoms with Crippen molar-refractivity contribution in [2.24, 2.45) is 0 Å². The first-order chi connectivity index (χ1) is 10.8. The van der Waals surface area contributed by atoms with Crippen molar-refractivity contribution in [3.63, 3.8) is 0 Å². The monoisotopic (exact) mass is 311 g/mol. The number of nitrogens with one attached hydrogen (secondary N) is 1. The molecular formula is C17H14FN3S. The summed E-state index contributed by atoms with van der Waals surface area (Å²) in [6.07, 6.45) is 1.65. The average molecular weight is 311 g/mol. The molecule has 2 aromatic carbocycles. The third kappa shape index (κ3) is 2.37. The molecule has 0 saturated carbocycles. The highest BCUT2D eigenvalue weighted by atomic mass is 32.1. The Bertz CT molecular complexity index is 801. The maximum absolute atomic E-state index is 13.8. The van der Waals surface area contributed by atoms with E-state index in [0.29, 0.717) is 0 Å². The summed E-state index contributed by atoms with van der Waals surface area (Å²) in [5.41, 5.74) is 2.87. The second-order valence-electron chi connectivity index (χ2n) is 5.33. The van der Waals surface area contributed by atoms with Crippen molar-refractivity contribution in [3.05, 3.63) is 65.5 Å².